The molecule has 0 fully saturated rings. The van der Waals surface area contributed by atoms with Crippen LogP contribution < -0.4 is 22.3 Å². The van der Waals surface area contributed by atoms with Gasteiger partial charge in [-0.15, -0.1) is 12.4 Å². The van der Waals surface area contributed by atoms with Crippen molar-refractivity contribution in [2.24, 2.45) is 16.5 Å². The zero-order valence-electron chi connectivity index (χ0n) is 14.4. The highest BCUT2D eigenvalue weighted by molar-refractivity contribution is 6.23. The number of nitrogens with one attached hydrogen (secondary N) is 1. The van der Waals surface area contributed by atoms with Gasteiger partial charge >= 0.3 is 0 Å². The van der Waals surface area contributed by atoms with E-state index in [1.807, 2.05) is 10.7 Å². The van der Waals surface area contributed by atoms with Crippen LogP contribution in [0.5, 0.6) is 11.5 Å². The van der Waals surface area contributed by atoms with Crippen LogP contribution in [0.4, 0.5) is 0 Å². The predicted octanol–water partition coefficient (Wildman–Crippen LogP) is 0.725. The van der Waals surface area contributed by atoms with Gasteiger partial charge in [0.25, 0.3) is 0 Å². The van der Waals surface area contributed by atoms with Crippen molar-refractivity contribution >= 4 is 45.0 Å². The van der Waals surface area contributed by atoms with Crippen LogP contribution in [0.1, 0.15) is 0 Å². The number of aromatic hydroxyl groups is 2. The zero-order chi connectivity index (χ0) is 18.4. The molecule has 0 unspecified atom stereocenters. The lowest BCUT2D eigenvalue weighted by Gasteiger charge is -2.08. The molecule has 4 aromatic rings. The van der Waals surface area contributed by atoms with Crippen molar-refractivity contribution in [3.05, 3.63) is 39.8 Å². The number of rotatable bonds is 4. The molecule has 0 aliphatic rings. The summed E-state index contributed by atoms with van der Waals surface area (Å²) in [6.07, 6.45) is 0. The molecular weight excluding hydrogens is 370 g/mol. The van der Waals surface area contributed by atoms with Crippen molar-refractivity contribution in [2.45, 2.75) is 6.54 Å². The normalized spacial score (nSPS) is 12.3. The number of aromatic amines is 1. The van der Waals surface area contributed by atoms with Crippen molar-refractivity contribution in [2.75, 3.05) is 19.6 Å². The Balaban J connectivity index is 0.00000210. The number of nitrogens with zero attached hydrogens (tertiary/aromatic N) is 2. The molecule has 8 nitrogen and oxygen atoms in total. The lowest BCUT2D eigenvalue weighted by atomic mass is 9.99. The van der Waals surface area contributed by atoms with Crippen LogP contribution in [-0.2, 0) is 6.54 Å². The first kappa shape index (κ1) is 19.0. The van der Waals surface area contributed by atoms with E-state index in [-0.39, 0.29) is 40.1 Å². The van der Waals surface area contributed by atoms with E-state index >= 15 is 0 Å². The van der Waals surface area contributed by atoms with Gasteiger partial charge in [0.2, 0.25) is 0 Å². The molecule has 3 aromatic carbocycles. The predicted molar refractivity (Wildman–Crippen MR) is 108 cm³/mol. The van der Waals surface area contributed by atoms with Crippen LogP contribution in [-0.4, -0.2) is 39.6 Å². The number of hydrogen-bond donors (Lipinski definition) is 5. The summed E-state index contributed by atoms with van der Waals surface area (Å²) in [6, 6.07) is 6.23. The van der Waals surface area contributed by atoms with Gasteiger partial charge in [0.1, 0.15) is 11.5 Å². The SMILES string of the molecule is Cl.NCCN=c1ccc2c3c1c(O)c1c(O)ccc(=O)c1c3[nH]n2CCN. The van der Waals surface area contributed by atoms with E-state index in [0.717, 1.165) is 5.52 Å². The fourth-order valence-electron chi connectivity index (χ4n) is 3.54. The Labute approximate surface area is 159 Å². The second-order valence-electron chi connectivity index (χ2n) is 6.13. The van der Waals surface area contributed by atoms with E-state index in [4.69, 9.17) is 11.5 Å². The molecule has 0 aliphatic heterocycles. The highest BCUT2D eigenvalue weighted by Crippen LogP contribution is 2.41. The summed E-state index contributed by atoms with van der Waals surface area (Å²) < 4.78 is 1.83. The molecule has 7 N–H and O–H groups in total. The number of phenolic OH excluding ortho intramolecular Hbond substituents is 2. The van der Waals surface area contributed by atoms with Gasteiger partial charge in [-0.3, -0.25) is 19.6 Å². The van der Waals surface area contributed by atoms with Crippen LogP contribution in [0.15, 0.2) is 34.1 Å². The molecule has 0 amide bonds. The van der Waals surface area contributed by atoms with Crippen molar-refractivity contribution in [3.8, 4) is 11.5 Å². The number of nitrogens with two attached hydrogens (primary N) is 2. The van der Waals surface area contributed by atoms with E-state index < -0.39 is 0 Å². The fraction of sp³-hybridized carbons (Fsp3) is 0.222. The highest BCUT2D eigenvalue weighted by Gasteiger charge is 2.21. The molecule has 4 rings (SSSR count). The van der Waals surface area contributed by atoms with Crippen LogP contribution in [0.2, 0.25) is 0 Å². The largest absolute Gasteiger partial charge is 0.507 e. The third kappa shape index (κ3) is 2.69. The van der Waals surface area contributed by atoms with Crippen LogP contribution in [0, 0.1) is 0 Å². The topological polar surface area (TPSA) is 143 Å². The monoisotopic (exact) mass is 389 g/mol. The highest BCUT2D eigenvalue weighted by atomic mass is 35.5. The third-order valence-electron chi connectivity index (χ3n) is 4.58. The van der Waals surface area contributed by atoms with E-state index in [9.17, 15) is 15.0 Å². The average molecular weight is 390 g/mol. The molecule has 1 heterocycles. The van der Waals surface area contributed by atoms with Gasteiger partial charge in [-0.1, -0.05) is 0 Å². The number of halogens is 1. The molecule has 0 atom stereocenters. The summed E-state index contributed by atoms with van der Waals surface area (Å²) in [5.74, 6) is -0.326. The number of phenols is 2. The maximum absolute atomic E-state index is 12.5. The van der Waals surface area contributed by atoms with Gasteiger partial charge in [-0.05, 0) is 24.3 Å². The Bertz CT molecular complexity index is 1260. The number of aromatic nitrogens is 2. The van der Waals surface area contributed by atoms with Crippen molar-refractivity contribution in [1.82, 2.24) is 9.78 Å². The maximum Gasteiger partial charge on any atom is 0.189 e. The summed E-state index contributed by atoms with van der Waals surface area (Å²) >= 11 is 0. The third-order valence-corrected chi connectivity index (χ3v) is 4.58. The second kappa shape index (κ2) is 7.07. The summed E-state index contributed by atoms with van der Waals surface area (Å²) in [6.45, 7) is 1.69. The Hall–Kier alpha value is -2.81. The Kier molecular flexibility index (Phi) is 4.97. The van der Waals surface area contributed by atoms with E-state index in [0.29, 0.717) is 47.8 Å². The number of hydrogen-bond acceptors (Lipinski definition) is 6. The van der Waals surface area contributed by atoms with E-state index in [1.165, 1.54) is 12.1 Å². The molecule has 0 bridgehead atoms. The first-order valence-corrected chi connectivity index (χ1v) is 8.34. The van der Waals surface area contributed by atoms with E-state index in [2.05, 4.69) is 10.1 Å². The Morgan fingerprint density at radius 3 is 2.48 bits per heavy atom. The first-order valence-electron chi connectivity index (χ1n) is 8.34. The fourth-order valence-corrected chi connectivity index (χ4v) is 3.54. The molecule has 0 aliphatic carbocycles. The van der Waals surface area contributed by atoms with Gasteiger partial charge in [-0.25, -0.2) is 0 Å². The van der Waals surface area contributed by atoms with Crippen LogP contribution in [0.3, 0.4) is 0 Å². The Morgan fingerprint density at radius 2 is 1.78 bits per heavy atom. The lowest BCUT2D eigenvalue weighted by molar-refractivity contribution is 0.467. The minimum atomic E-state index is -0.289. The zero-order valence-corrected chi connectivity index (χ0v) is 15.2. The van der Waals surface area contributed by atoms with Crippen molar-refractivity contribution < 1.29 is 10.2 Å². The minimum Gasteiger partial charge on any atom is -0.507 e. The van der Waals surface area contributed by atoms with Gasteiger partial charge < -0.3 is 21.7 Å². The second-order valence-corrected chi connectivity index (χ2v) is 6.13. The van der Waals surface area contributed by atoms with E-state index in [1.54, 1.807) is 6.07 Å². The number of benzene rings is 3. The number of fused-ring (bicyclic) bond motifs is 2. The van der Waals surface area contributed by atoms with Crippen LogP contribution >= 0.6 is 12.4 Å². The molecule has 0 spiro atoms. The smallest absolute Gasteiger partial charge is 0.189 e. The Morgan fingerprint density at radius 1 is 1.00 bits per heavy atom. The molecule has 1 aromatic heterocycles. The molecule has 0 saturated heterocycles. The molecular formula is C18H20ClN5O3. The first-order chi connectivity index (χ1) is 12.6. The summed E-state index contributed by atoms with van der Waals surface area (Å²) in [7, 11) is 0. The molecule has 9 heteroatoms. The van der Waals surface area contributed by atoms with Crippen molar-refractivity contribution in [3.63, 3.8) is 0 Å². The van der Waals surface area contributed by atoms with Crippen molar-refractivity contribution in [1.29, 1.82) is 0 Å². The summed E-state index contributed by atoms with van der Waals surface area (Å²) in [5, 5.41) is 26.5. The quantitative estimate of drug-likeness (QED) is 0.327. The van der Waals surface area contributed by atoms with Gasteiger partial charge in [0.05, 0.1) is 45.6 Å². The molecule has 0 saturated carbocycles. The molecule has 142 valence electrons. The van der Waals surface area contributed by atoms with Gasteiger partial charge in [0, 0.05) is 18.5 Å². The maximum atomic E-state index is 12.5. The molecule has 0 radical (unpaired) electrons. The minimum absolute atomic E-state index is 0. The van der Waals surface area contributed by atoms with Gasteiger partial charge in [0.15, 0.2) is 5.43 Å². The molecule has 27 heavy (non-hydrogen) atoms. The number of H-pyrrole nitrogens is 1. The van der Waals surface area contributed by atoms with Crippen LogP contribution in [0.25, 0.3) is 32.6 Å². The summed E-state index contributed by atoms with van der Waals surface area (Å²) in [5.41, 5.74) is 12.3. The standard InChI is InChI=1S/C18H19N5O3.ClH/c19-5-7-21-9-1-2-10-14-13(9)18(26)16-12(25)4-3-11(24)15(16)17(14)22-23(10)8-6-20;/h1-4,22,25-26H,5-8,19-20H2;1H. The summed E-state index contributed by atoms with van der Waals surface area (Å²) in [4.78, 5) is 16.9. The van der Waals surface area contributed by atoms with Gasteiger partial charge in [-0.2, -0.15) is 0 Å². The average Bonchev–Trinajstić information content (AvgIpc) is 2.99. The lowest BCUT2D eigenvalue weighted by Crippen LogP contribution is -2.12.